The Hall–Kier alpha value is -2.80. The predicted octanol–water partition coefficient (Wildman–Crippen LogP) is 3.26. The van der Waals surface area contributed by atoms with Crippen LogP contribution < -0.4 is 14.8 Å². The summed E-state index contributed by atoms with van der Waals surface area (Å²) in [7, 11) is 0. The summed E-state index contributed by atoms with van der Waals surface area (Å²) in [5.41, 5.74) is 2.33. The number of rotatable bonds is 5. The molecule has 2 heterocycles. The standard InChI is InChI=1S/C19H15BrN2O4/c20-14-2-3-16-15(6-14)13(10-23)8-22(16)9-19(24)21-7-12-1-4-17-18(5-12)26-11-25-17/h1-6,8,10H,7,9,11H2,(H,21,24). The SMILES string of the molecule is O=Cc1cn(CC(=O)NCc2ccc3c(c2)OCO3)c2ccc(Br)cc12. The molecule has 0 spiro atoms. The van der Waals surface area contributed by atoms with Crippen molar-refractivity contribution in [3.05, 3.63) is 58.2 Å². The number of ether oxygens (including phenoxy) is 2. The number of halogens is 1. The van der Waals surface area contributed by atoms with Gasteiger partial charge in [-0.05, 0) is 35.9 Å². The van der Waals surface area contributed by atoms with Gasteiger partial charge < -0.3 is 19.4 Å². The average Bonchev–Trinajstić information content (AvgIpc) is 3.23. The minimum absolute atomic E-state index is 0.135. The molecule has 0 radical (unpaired) electrons. The van der Waals surface area contributed by atoms with Crippen molar-refractivity contribution >= 4 is 39.0 Å². The van der Waals surface area contributed by atoms with Crippen LogP contribution in [0.15, 0.2) is 47.1 Å². The molecule has 0 fully saturated rings. The van der Waals surface area contributed by atoms with Gasteiger partial charge in [0.25, 0.3) is 0 Å². The zero-order valence-corrected chi connectivity index (χ0v) is 15.3. The Balaban J connectivity index is 1.47. The second kappa shape index (κ2) is 6.84. The van der Waals surface area contributed by atoms with Crippen LogP contribution in [0.4, 0.5) is 0 Å². The molecule has 0 bridgehead atoms. The lowest BCUT2D eigenvalue weighted by molar-refractivity contribution is -0.121. The smallest absolute Gasteiger partial charge is 0.240 e. The molecule has 26 heavy (non-hydrogen) atoms. The van der Waals surface area contributed by atoms with Crippen LogP contribution in [0.2, 0.25) is 0 Å². The number of aromatic nitrogens is 1. The number of nitrogens with one attached hydrogen (secondary N) is 1. The second-order valence-electron chi connectivity index (χ2n) is 5.96. The second-order valence-corrected chi connectivity index (χ2v) is 6.87. The number of fused-ring (bicyclic) bond motifs is 2. The number of nitrogens with zero attached hydrogens (tertiary/aromatic N) is 1. The van der Waals surface area contributed by atoms with Crippen LogP contribution in [0.5, 0.6) is 11.5 Å². The number of carbonyl (C=O) groups excluding carboxylic acids is 2. The molecule has 1 aliphatic rings. The molecule has 1 aromatic heterocycles. The van der Waals surface area contributed by atoms with Gasteiger partial charge >= 0.3 is 0 Å². The first-order chi connectivity index (χ1) is 12.6. The summed E-state index contributed by atoms with van der Waals surface area (Å²) in [5, 5.41) is 3.71. The van der Waals surface area contributed by atoms with Crippen molar-refractivity contribution in [2.75, 3.05) is 6.79 Å². The molecule has 3 aromatic rings. The van der Waals surface area contributed by atoms with Crippen LogP contribution in [-0.2, 0) is 17.9 Å². The number of carbonyl (C=O) groups is 2. The van der Waals surface area contributed by atoms with E-state index in [0.29, 0.717) is 23.6 Å². The van der Waals surface area contributed by atoms with Crippen molar-refractivity contribution in [1.82, 2.24) is 9.88 Å². The van der Waals surface area contributed by atoms with Crippen LogP contribution >= 0.6 is 15.9 Å². The van der Waals surface area contributed by atoms with Crippen LogP contribution in [0.25, 0.3) is 10.9 Å². The first kappa shape index (κ1) is 16.7. The lowest BCUT2D eigenvalue weighted by atomic mass is 10.2. The summed E-state index contributed by atoms with van der Waals surface area (Å²) in [6.45, 7) is 0.748. The topological polar surface area (TPSA) is 69.6 Å². The molecule has 0 saturated heterocycles. The maximum atomic E-state index is 12.3. The normalized spacial score (nSPS) is 12.3. The Morgan fingerprint density at radius 1 is 1.19 bits per heavy atom. The van der Waals surface area contributed by atoms with Gasteiger partial charge in [-0.25, -0.2) is 0 Å². The van der Waals surface area contributed by atoms with E-state index in [1.165, 1.54) is 0 Å². The van der Waals surface area contributed by atoms with Crippen molar-refractivity contribution < 1.29 is 19.1 Å². The molecule has 0 unspecified atom stereocenters. The Bertz CT molecular complexity index is 1010. The molecule has 132 valence electrons. The third kappa shape index (κ3) is 3.17. The summed E-state index contributed by atoms with van der Waals surface area (Å²) >= 11 is 3.40. The average molecular weight is 415 g/mol. The molecule has 2 aromatic carbocycles. The van der Waals surface area contributed by atoms with Gasteiger partial charge in [-0.2, -0.15) is 0 Å². The fraction of sp³-hybridized carbons (Fsp3) is 0.158. The molecular weight excluding hydrogens is 400 g/mol. The summed E-state index contributed by atoms with van der Waals surface area (Å²) in [6.07, 6.45) is 2.50. The van der Waals surface area contributed by atoms with Crippen LogP contribution in [0.1, 0.15) is 15.9 Å². The van der Waals surface area contributed by atoms with E-state index in [1.54, 1.807) is 10.8 Å². The highest BCUT2D eigenvalue weighted by Gasteiger charge is 2.14. The van der Waals surface area contributed by atoms with E-state index in [9.17, 15) is 9.59 Å². The number of benzene rings is 2. The lowest BCUT2D eigenvalue weighted by Gasteiger charge is -2.08. The highest BCUT2D eigenvalue weighted by Crippen LogP contribution is 2.32. The van der Waals surface area contributed by atoms with E-state index in [2.05, 4.69) is 21.2 Å². The van der Waals surface area contributed by atoms with Crippen molar-refractivity contribution in [3.8, 4) is 11.5 Å². The van der Waals surface area contributed by atoms with E-state index >= 15 is 0 Å². The molecule has 0 aliphatic carbocycles. The fourth-order valence-electron chi connectivity index (χ4n) is 2.98. The maximum Gasteiger partial charge on any atom is 0.240 e. The van der Waals surface area contributed by atoms with Crippen LogP contribution in [0, 0.1) is 0 Å². The van der Waals surface area contributed by atoms with Gasteiger partial charge in [0.05, 0.1) is 0 Å². The molecule has 0 saturated carbocycles. The summed E-state index contributed by atoms with van der Waals surface area (Å²) < 4.78 is 13.3. The molecule has 4 rings (SSSR count). The molecule has 1 aliphatic heterocycles. The Kier molecular flexibility index (Phi) is 4.38. The highest BCUT2D eigenvalue weighted by molar-refractivity contribution is 9.10. The van der Waals surface area contributed by atoms with E-state index in [1.807, 2.05) is 36.4 Å². The Morgan fingerprint density at radius 2 is 2.04 bits per heavy atom. The van der Waals surface area contributed by atoms with Gasteiger partial charge in [0, 0.05) is 33.7 Å². The molecule has 6 nitrogen and oxygen atoms in total. The summed E-state index contributed by atoms with van der Waals surface area (Å²) in [6, 6.07) is 11.2. The zero-order chi connectivity index (χ0) is 18.1. The van der Waals surface area contributed by atoms with Gasteiger partial charge in [0.1, 0.15) is 6.54 Å². The monoisotopic (exact) mass is 414 g/mol. The van der Waals surface area contributed by atoms with Gasteiger partial charge in [0.2, 0.25) is 12.7 Å². The van der Waals surface area contributed by atoms with Crippen molar-refractivity contribution in [1.29, 1.82) is 0 Å². The van der Waals surface area contributed by atoms with E-state index < -0.39 is 0 Å². The fourth-order valence-corrected chi connectivity index (χ4v) is 3.34. The number of aldehydes is 1. The molecular formula is C19H15BrN2O4. The number of hydrogen-bond donors (Lipinski definition) is 1. The van der Waals surface area contributed by atoms with E-state index in [4.69, 9.17) is 9.47 Å². The van der Waals surface area contributed by atoms with E-state index in [0.717, 1.165) is 27.2 Å². The summed E-state index contributed by atoms with van der Waals surface area (Å²) in [5.74, 6) is 1.26. The minimum atomic E-state index is -0.139. The van der Waals surface area contributed by atoms with Gasteiger partial charge in [-0.1, -0.05) is 22.0 Å². The van der Waals surface area contributed by atoms with Gasteiger partial charge in [-0.3, -0.25) is 9.59 Å². The lowest BCUT2D eigenvalue weighted by Crippen LogP contribution is -2.26. The molecule has 7 heteroatoms. The van der Waals surface area contributed by atoms with Gasteiger partial charge in [-0.15, -0.1) is 0 Å². The first-order valence-electron chi connectivity index (χ1n) is 8.03. The molecule has 0 atom stereocenters. The van der Waals surface area contributed by atoms with Crippen molar-refractivity contribution in [3.63, 3.8) is 0 Å². The van der Waals surface area contributed by atoms with Gasteiger partial charge in [0.15, 0.2) is 17.8 Å². The predicted molar refractivity (Wildman–Crippen MR) is 99.4 cm³/mol. The Labute approximate surface area is 157 Å². The van der Waals surface area contributed by atoms with Crippen molar-refractivity contribution in [2.45, 2.75) is 13.1 Å². The first-order valence-corrected chi connectivity index (χ1v) is 8.82. The minimum Gasteiger partial charge on any atom is -0.454 e. The maximum absolute atomic E-state index is 12.3. The van der Waals surface area contributed by atoms with Crippen LogP contribution in [-0.4, -0.2) is 23.6 Å². The Morgan fingerprint density at radius 3 is 2.88 bits per heavy atom. The highest BCUT2D eigenvalue weighted by atomic mass is 79.9. The third-order valence-electron chi connectivity index (χ3n) is 4.24. The quantitative estimate of drug-likeness (QED) is 0.650. The number of amides is 1. The molecule has 1 N–H and O–H groups in total. The third-order valence-corrected chi connectivity index (χ3v) is 4.73. The molecule has 1 amide bonds. The van der Waals surface area contributed by atoms with Crippen molar-refractivity contribution in [2.24, 2.45) is 0 Å². The zero-order valence-electron chi connectivity index (χ0n) is 13.7. The largest absolute Gasteiger partial charge is 0.454 e. The van der Waals surface area contributed by atoms with Crippen LogP contribution in [0.3, 0.4) is 0 Å². The number of hydrogen-bond acceptors (Lipinski definition) is 4. The summed E-state index contributed by atoms with van der Waals surface area (Å²) in [4.78, 5) is 23.6. The van der Waals surface area contributed by atoms with E-state index in [-0.39, 0.29) is 19.2 Å².